The van der Waals surface area contributed by atoms with E-state index in [1.165, 1.54) is 87.8 Å². The number of benzene rings is 14. The molecule has 0 aromatic heterocycles. The van der Waals surface area contributed by atoms with Crippen LogP contribution >= 0.6 is 0 Å². The molecule has 0 nitrogen and oxygen atoms in total. The predicted octanol–water partition coefficient (Wildman–Crippen LogP) is 9.50. The van der Waals surface area contributed by atoms with Crippen LogP contribution in [0.1, 0.15) is 11.1 Å². The minimum Gasteiger partial charge on any atom is -0.0623 e. The van der Waals surface area contributed by atoms with Gasteiger partial charge in [0.1, 0.15) is 0 Å². The first-order valence-corrected chi connectivity index (χ1v) is 43.8. The normalized spacial score (nSPS) is 11.7. The van der Waals surface area contributed by atoms with Crippen LogP contribution in [-0.2, 0) is 0 Å². The summed E-state index contributed by atoms with van der Waals surface area (Å²) < 4.78 is 11.6. The van der Waals surface area contributed by atoms with Gasteiger partial charge in [-0.3, -0.25) is 0 Å². The summed E-state index contributed by atoms with van der Waals surface area (Å²) in [7, 11) is -5.24. The van der Waals surface area contributed by atoms with Crippen LogP contribution in [0.2, 0.25) is 0 Å². The van der Waals surface area contributed by atoms with Crippen molar-refractivity contribution in [3.05, 3.63) is 412 Å². The minimum absolute atomic E-state index is 1.28. The van der Waals surface area contributed by atoms with Crippen LogP contribution in [0.5, 0.6) is 0 Å². The molecule has 0 fully saturated rings. The van der Waals surface area contributed by atoms with Gasteiger partial charge in [-0.05, 0) is 48.4 Å². The van der Waals surface area contributed by atoms with Crippen molar-refractivity contribution in [3.8, 4) is 0 Å². The summed E-state index contributed by atoms with van der Waals surface area (Å²) in [5, 5.41) is 11.1. The molecule has 14 aromatic carbocycles. The third kappa shape index (κ3) is 11.1. The summed E-state index contributed by atoms with van der Waals surface area (Å²) >= 11 is -6.73. The molecule has 14 rings (SSSR count). The summed E-state index contributed by atoms with van der Waals surface area (Å²) in [6, 6.07) is 151. The molecule has 0 bridgehead atoms. The van der Waals surface area contributed by atoms with E-state index in [9.17, 15) is 0 Å². The van der Waals surface area contributed by atoms with E-state index < -0.39 is 42.7 Å². The smallest absolute Gasteiger partial charge is 0.0623 e. The molecule has 4 heteroatoms. The molecule has 0 saturated heterocycles. The van der Waals surface area contributed by atoms with Crippen LogP contribution in [0.15, 0.2) is 400 Å². The first-order valence-electron chi connectivity index (χ1n) is 31.4. The summed E-state index contributed by atoms with van der Waals surface area (Å²) in [6.07, 6.45) is 0. The van der Waals surface area contributed by atoms with Crippen LogP contribution in [0.3, 0.4) is 0 Å². The van der Waals surface area contributed by atoms with Gasteiger partial charge in [0.2, 0.25) is 0 Å². The van der Waals surface area contributed by atoms with E-state index in [0.717, 1.165) is 0 Å². The van der Waals surface area contributed by atoms with Crippen molar-refractivity contribution in [2.24, 2.45) is 0 Å². The van der Waals surface area contributed by atoms with Crippen molar-refractivity contribution in [2.75, 3.05) is 0 Å². The van der Waals surface area contributed by atoms with Gasteiger partial charge in [-0.2, -0.15) is 0 Å². The summed E-state index contributed by atoms with van der Waals surface area (Å²) in [4.78, 5) is 0. The summed E-state index contributed by atoms with van der Waals surface area (Å²) in [5.41, 5.74) is 2.57. The molecule has 0 heterocycles. The largest absolute Gasteiger partial charge is 0.179 e. The van der Waals surface area contributed by atoms with E-state index in [0.29, 0.717) is 0 Å². The molecular weight excluding hydrogens is 1230 g/mol. The SMILES string of the molecule is Cc1cc[c]([Ge]([c]2ccccc2)([c]2ccccc2)[c]2cc[c]([Ge]([c]3ccccc3)([c]3ccccc3)[c]3ccccc3)cc2)cc1.Cc1ccc([Si](c2ccccc2)(c2ccccc2)c2ccc([Si](c3ccccc3)(c3ccccc3)c3ccccc3)cc2)cc1. The molecular formula is C86H72Ge2Si2. The molecule has 90 heavy (non-hydrogen) atoms. The van der Waals surface area contributed by atoms with Gasteiger partial charge in [0.15, 0.2) is 16.1 Å². The fourth-order valence-corrected chi connectivity index (χ4v) is 43.7. The molecule has 0 aliphatic rings. The third-order valence-electron chi connectivity index (χ3n) is 18.5. The van der Waals surface area contributed by atoms with Crippen LogP contribution in [-0.4, -0.2) is 42.7 Å². The van der Waals surface area contributed by atoms with E-state index in [1.54, 1.807) is 0 Å². The number of hydrogen-bond donors (Lipinski definition) is 0. The van der Waals surface area contributed by atoms with Gasteiger partial charge in [0.25, 0.3) is 0 Å². The summed E-state index contributed by atoms with van der Waals surface area (Å²) in [6.45, 7) is 4.36. The molecule has 0 saturated carbocycles. The Morgan fingerprint density at radius 1 is 0.144 bits per heavy atom. The molecule has 0 unspecified atom stereocenters. The van der Waals surface area contributed by atoms with Crippen molar-refractivity contribution < 1.29 is 0 Å². The second kappa shape index (κ2) is 27.1. The first-order chi connectivity index (χ1) is 44.5. The van der Waals surface area contributed by atoms with Crippen molar-refractivity contribution in [1.29, 1.82) is 0 Å². The van der Waals surface area contributed by atoms with Crippen LogP contribution < -0.4 is 76.7 Å². The van der Waals surface area contributed by atoms with Gasteiger partial charge in [0, 0.05) is 0 Å². The van der Waals surface area contributed by atoms with E-state index >= 15 is 0 Å². The van der Waals surface area contributed by atoms with Crippen LogP contribution in [0, 0.1) is 13.8 Å². The standard InChI is InChI=1S/C43H36Ge2.C43H36Si2/c2*1-35-27-29-41(30-28-35)45(39-23-13-5-14-24-39,40-25-15-6-16-26-40)43-33-31-42(32-34-43)44(36-17-7-2-8-18-36,37-19-9-3-10-20-37)38-21-11-4-12-22-38/h2*2-34H,1H3. The van der Waals surface area contributed by atoms with E-state index in [2.05, 4.69) is 414 Å². The minimum atomic E-state index is -3.37. The van der Waals surface area contributed by atoms with Crippen molar-refractivity contribution in [3.63, 3.8) is 0 Å². The van der Waals surface area contributed by atoms with Gasteiger partial charge < -0.3 is 0 Å². The van der Waals surface area contributed by atoms with Gasteiger partial charge in [0.05, 0.1) is 0 Å². The Morgan fingerprint density at radius 2 is 0.278 bits per heavy atom. The molecule has 14 aromatic rings. The molecule has 0 atom stereocenters. The molecule has 0 N–H and O–H groups in total. The monoisotopic (exact) mass is 1310 g/mol. The van der Waals surface area contributed by atoms with E-state index in [4.69, 9.17) is 0 Å². The Balaban J connectivity index is 0.000000165. The van der Waals surface area contributed by atoms with Gasteiger partial charge in [-0.25, -0.2) is 0 Å². The van der Waals surface area contributed by atoms with Gasteiger partial charge in [-0.1, -0.05) is 206 Å². The Morgan fingerprint density at radius 3 is 0.478 bits per heavy atom. The molecule has 0 aliphatic heterocycles. The topological polar surface area (TPSA) is 0 Å². The third-order valence-corrected chi connectivity index (χ3v) is 48.3. The Hall–Kier alpha value is -9.40. The summed E-state index contributed by atoms with van der Waals surface area (Å²) in [5.74, 6) is 0. The maximum atomic E-state index is 2.49. The van der Waals surface area contributed by atoms with E-state index in [-0.39, 0.29) is 0 Å². The van der Waals surface area contributed by atoms with Gasteiger partial charge in [-0.15, -0.1) is 0 Å². The molecule has 0 aliphatic carbocycles. The van der Waals surface area contributed by atoms with Gasteiger partial charge >= 0.3 is 274 Å². The number of aryl methyl sites for hydroxylation is 2. The zero-order valence-electron chi connectivity index (χ0n) is 51.1. The average Bonchev–Trinajstić information content (AvgIpc) is 0.807. The molecule has 0 radical (unpaired) electrons. The Labute approximate surface area is 540 Å². The van der Waals surface area contributed by atoms with Crippen LogP contribution in [0.4, 0.5) is 0 Å². The zero-order valence-corrected chi connectivity index (χ0v) is 57.3. The second-order valence-electron chi connectivity index (χ2n) is 23.5. The average molecular weight is 1310 g/mol. The second-order valence-corrected chi connectivity index (χ2v) is 47.2. The molecule has 432 valence electrons. The van der Waals surface area contributed by atoms with Crippen LogP contribution in [0.25, 0.3) is 0 Å². The maximum absolute atomic E-state index is 3.37. The maximum Gasteiger partial charge on any atom is 0.179 e. The number of hydrogen-bond acceptors (Lipinski definition) is 0. The van der Waals surface area contributed by atoms with Crippen molar-refractivity contribution in [1.82, 2.24) is 0 Å². The number of rotatable bonds is 16. The molecule has 0 spiro atoms. The fraction of sp³-hybridized carbons (Fsp3) is 0.0233. The molecule has 0 amide bonds. The predicted molar refractivity (Wildman–Crippen MR) is 397 cm³/mol. The van der Waals surface area contributed by atoms with Crippen molar-refractivity contribution >= 4 is 119 Å². The van der Waals surface area contributed by atoms with Crippen molar-refractivity contribution in [2.45, 2.75) is 13.8 Å². The first kappa shape index (κ1) is 59.6. The Kier molecular flexibility index (Phi) is 18.0. The Bertz CT molecular complexity index is 3940. The fourth-order valence-electron chi connectivity index (χ4n) is 14.4. The van der Waals surface area contributed by atoms with E-state index in [1.807, 2.05) is 0 Å². The zero-order chi connectivity index (χ0) is 61.1. The quantitative estimate of drug-likeness (QED) is 0.0669.